The van der Waals surface area contributed by atoms with Crippen LogP contribution in [0.2, 0.25) is 0 Å². The van der Waals surface area contributed by atoms with E-state index >= 15 is 0 Å². The second kappa shape index (κ2) is 31.1. The minimum atomic E-state index is -1.82. The number of ketones is 1. The van der Waals surface area contributed by atoms with E-state index in [0.29, 0.717) is 25.0 Å². The molecule has 6 atom stereocenters. The molecular formula is C71H98N6O17. The molecule has 23 heteroatoms. The highest BCUT2D eigenvalue weighted by molar-refractivity contribution is 6.12. The Labute approximate surface area is 552 Å². The summed E-state index contributed by atoms with van der Waals surface area (Å²) in [6.07, 6.45) is 5.36. The van der Waals surface area contributed by atoms with Gasteiger partial charge in [-0.1, -0.05) is 133 Å². The first-order chi connectivity index (χ1) is 43.9. The second-order valence-corrected chi connectivity index (χ2v) is 27.9. The molecule has 0 aromatic heterocycles. The summed E-state index contributed by atoms with van der Waals surface area (Å²) in [7, 11) is 2.47. The van der Waals surface area contributed by atoms with Crippen molar-refractivity contribution >= 4 is 60.1 Å². The number of aliphatic hydroxyl groups is 1. The van der Waals surface area contributed by atoms with Crippen LogP contribution in [0.5, 0.6) is 0 Å². The van der Waals surface area contributed by atoms with Gasteiger partial charge in [0.25, 0.3) is 5.91 Å². The number of esters is 4. The third-order valence-corrected chi connectivity index (χ3v) is 16.7. The van der Waals surface area contributed by atoms with Crippen molar-refractivity contribution in [1.29, 1.82) is 0 Å². The molecule has 5 N–H and O–H groups in total. The van der Waals surface area contributed by atoms with Crippen molar-refractivity contribution in [3.63, 3.8) is 0 Å². The van der Waals surface area contributed by atoms with Crippen molar-refractivity contribution in [3.05, 3.63) is 132 Å². The average molecular weight is 1310 g/mol. The van der Waals surface area contributed by atoms with Gasteiger partial charge in [0.2, 0.25) is 0 Å². The number of hydrogen-bond acceptors (Lipinski definition) is 19. The lowest BCUT2D eigenvalue weighted by Crippen LogP contribution is -2.62. The fraction of sp³-hybridized carbons (Fsp3) is 0.549. The molecule has 7 rings (SSSR count). The zero-order valence-electron chi connectivity index (χ0n) is 57.6. The Hall–Kier alpha value is -8.60. The molecule has 0 bridgehead atoms. The van der Waals surface area contributed by atoms with E-state index in [1.165, 1.54) is 31.5 Å². The fourth-order valence-electron chi connectivity index (χ4n) is 11.8. The Morgan fingerprint density at radius 3 is 1.57 bits per heavy atom. The molecule has 4 aliphatic rings. The van der Waals surface area contributed by atoms with Crippen LogP contribution in [0.15, 0.2) is 120 Å². The first kappa shape index (κ1) is 76.1. The average Bonchev–Trinajstić information content (AvgIpc) is 1.57. The standard InChI is InChI=1S/2C24H34N2O6.C23H30N2O5/c1-17(2)24(13-15-31-20(24)28)25-14-12-23(19(27)30-6,16-18-10-8-7-9-11-18)26-21(29)32-22(3,4)5;1-16(2)23(12-13-27)19(28)18(15-25-23)24(20(29)31-6,14-17-10-8-7-9-11-17)26-21(30)32-22(3,4)5;1-16(2)23(12-14-29-19(23)27)25-13-11-22(18(25)26,15-17-9-7-6-8-10-17)24-20(28)30-21(3,4)5/h7-11,14,17H,12-13,15-16H2,1-6H3,(H,26,29);7-11,15-16,25,27H,12-14H2,1-6H3,(H,26,30);6-11,13,16H,12,14-15H2,1-5H3,(H,24,28)/t23-,24-;23-,24+;22-,23-/m111/s1. The van der Waals surface area contributed by atoms with E-state index in [1.807, 2.05) is 108 Å². The molecule has 0 unspecified atom stereocenters. The number of cyclic esters (lactones) is 2. The Morgan fingerprint density at radius 1 is 0.638 bits per heavy atom. The third-order valence-electron chi connectivity index (χ3n) is 16.7. The zero-order chi connectivity index (χ0) is 70.3. The zero-order valence-corrected chi connectivity index (χ0v) is 57.6. The number of amides is 4. The summed E-state index contributed by atoms with van der Waals surface area (Å²) < 4.78 is 36.8. The van der Waals surface area contributed by atoms with Gasteiger partial charge in [-0.3, -0.25) is 19.5 Å². The molecule has 0 radical (unpaired) electrons. The number of nitrogens with one attached hydrogen (secondary N) is 4. The van der Waals surface area contributed by atoms with Crippen LogP contribution in [-0.2, 0) is 81.2 Å². The van der Waals surface area contributed by atoms with Crippen molar-refractivity contribution in [2.75, 3.05) is 34.0 Å². The van der Waals surface area contributed by atoms with Crippen LogP contribution < -0.4 is 21.3 Å². The number of aliphatic imine (C=N–C) groups is 1. The number of nitrogens with zero attached hydrogens (tertiary/aromatic N) is 2. The van der Waals surface area contributed by atoms with Crippen LogP contribution in [0.3, 0.4) is 0 Å². The molecule has 4 heterocycles. The number of carbonyl (C=O) groups excluding carboxylic acids is 9. The molecule has 514 valence electrons. The molecule has 3 aromatic rings. The van der Waals surface area contributed by atoms with E-state index in [2.05, 4.69) is 26.3 Å². The maximum absolute atomic E-state index is 13.8. The Bertz CT molecular complexity index is 3260. The minimum Gasteiger partial charge on any atom is -0.467 e. The van der Waals surface area contributed by atoms with Crippen LogP contribution >= 0.6 is 0 Å². The maximum atomic E-state index is 13.8. The van der Waals surface area contributed by atoms with Crippen molar-refractivity contribution in [2.45, 2.75) is 199 Å². The van der Waals surface area contributed by atoms with Crippen LogP contribution in [0.25, 0.3) is 0 Å². The van der Waals surface area contributed by atoms with Gasteiger partial charge in [-0.05, 0) is 103 Å². The molecular weight excluding hydrogens is 1210 g/mol. The number of hydrogen-bond donors (Lipinski definition) is 5. The summed E-state index contributed by atoms with van der Waals surface area (Å²) in [5.74, 6) is -3.40. The Balaban J connectivity index is 0.000000256. The van der Waals surface area contributed by atoms with Gasteiger partial charge in [-0.2, -0.15) is 0 Å². The molecule has 4 amide bonds. The summed E-state index contributed by atoms with van der Waals surface area (Å²) in [6, 6.07) is 27.7. The van der Waals surface area contributed by atoms with Gasteiger partial charge in [0.15, 0.2) is 16.9 Å². The van der Waals surface area contributed by atoms with Gasteiger partial charge in [-0.25, -0.2) is 33.6 Å². The number of carbonyl (C=O) groups is 9. The monoisotopic (exact) mass is 1310 g/mol. The highest BCUT2D eigenvalue weighted by atomic mass is 16.6. The molecule has 2 fully saturated rings. The largest absolute Gasteiger partial charge is 0.467 e. The molecule has 2 saturated heterocycles. The van der Waals surface area contributed by atoms with Crippen LogP contribution in [0.1, 0.15) is 146 Å². The van der Waals surface area contributed by atoms with Crippen molar-refractivity contribution < 1.29 is 81.4 Å². The number of rotatable bonds is 21. The van der Waals surface area contributed by atoms with Gasteiger partial charge in [0.05, 0.1) is 33.0 Å². The number of aliphatic hydroxyl groups excluding tert-OH is 1. The van der Waals surface area contributed by atoms with Crippen LogP contribution in [0, 0.1) is 17.8 Å². The van der Waals surface area contributed by atoms with Crippen LogP contribution in [0.4, 0.5) is 14.4 Å². The maximum Gasteiger partial charge on any atom is 0.408 e. The topological polar surface area (TPSA) is 302 Å². The summed E-state index contributed by atoms with van der Waals surface area (Å²) >= 11 is 0. The summed E-state index contributed by atoms with van der Waals surface area (Å²) in [4.78, 5) is 123. The fourth-order valence-corrected chi connectivity index (χ4v) is 11.8. The Morgan fingerprint density at radius 2 is 1.13 bits per heavy atom. The number of alkyl carbamates (subject to hydrolysis) is 3. The van der Waals surface area contributed by atoms with Gasteiger partial charge in [0.1, 0.15) is 39.0 Å². The van der Waals surface area contributed by atoms with E-state index in [9.17, 15) is 48.3 Å². The minimum absolute atomic E-state index is 0.00948. The molecule has 94 heavy (non-hydrogen) atoms. The van der Waals surface area contributed by atoms with Gasteiger partial charge in [-0.15, -0.1) is 0 Å². The van der Waals surface area contributed by atoms with Crippen molar-refractivity contribution in [3.8, 4) is 0 Å². The van der Waals surface area contributed by atoms with Gasteiger partial charge in [0, 0.05) is 70.2 Å². The molecule has 3 aromatic carbocycles. The summed E-state index contributed by atoms with van der Waals surface area (Å²) in [5, 5.41) is 20.9. The predicted octanol–water partition coefficient (Wildman–Crippen LogP) is 9.16. The number of ether oxygens (including phenoxy) is 7. The third kappa shape index (κ3) is 18.2. The summed E-state index contributed by atoms with van der Waals surface area (Å²) in [5.41, 5.74) is -7.64. The highest BCUT2D eigenvalue weighted by Crippen LogP contribution is 2.42. The van der Waals surface area contributed by atoms with E-state index in [4.69, 9.17) is 33.2 Å². The first-order valence-corrected chi connectivity index (χ1v) is 31.7. The lowest BCUT2D eigenvalue weighted by atomic mass is 9.74. The molecule has 23 nitrogen and oxygen atoms in total. The highest BCUT2D eigenvalue weighted by Gasteiger charge is 2.60. The van der Waals surface area contributed by atoms with E-state index < -0.39 is 86.2 Å². The van der Waals surface area contributed by atoms with E-state index in [0.717, 1.165) is 11.1 Å². The smallest absolute Gasteiger partial charge is 0.408 e. The second-order valence-electron chi connectivity index (χ2n) is 27.9. The molecule has 4 aliphatic heterocycles. The van der Waals surface area contributed by atoms with Crippen molar-refractivity contribution in [1.82, 2.24) is 26.2 Å². The Kier molecular flexibility index (Phi) is 25.2. The van der Waals surface area contributed by atoms with Gasteiger partial charge < -0.3 is 59.5 Å². The quantitative estimate of drug-likeness (QED) is 0.0377. The molecule has 0 aliphatic carbocycles. The number of Topliss-reactive ketones (excluding diaryl/α,β-unsaturated/α-hetero) is 1. The lowest BCUT2D eigenvalue weighted by molar-refractivity contribution is -0.156. The van der Waals surface area contributed by atoms with Crippen molar-refractivity contribution in [2.24, 2.45) is 22.7 Å². The predicted molar refractivity (Wildman–Crippen MR) is 352 cm³/mol. The number of benzene rings is 3. The van der Waals surface area contributed by atoms with Crippen LogP contribution in [-0.4, -0.2) is 154 Å². The normalized spacial score (nSPS) is 22.3. The molecule has 0 spiro atoms. The summed E-state index contributed by atoms with van der Waals surface area (Å²) in [6.45, 7) is 27.3. The lowest BCUT2D eigenvalue weighted by Gasteiger charge is -2.39. The molecule has 0 saturated carbocycles. The van der Waals surface area contributed by atoms with E-state index in [1.54, 1.807) is 98.9 Å². The first-order valence-electron chi connectivity index (χ1n) is 31.7. The number of methoxy groups -OCH3 is 2. The SMILES string of the molecule is CC(C)[C@]1(N2C=C[C@](Cc3ccccc3)(NC(=O)OC(C)(C)C)C2=O)CCOC1=O.COC(=O)[C@@](CC=N[C@@]1(C(C)C)CCOC1=O)(Cc1ccccc1)NC(=O)OC(C)(C)C.COC(=O)[C@@](Cc1ccccc1)(NC(=O)OC(C)(C)C)C1=CN[C@](CCO)(C(C)C)C1=O. The van der Waals surface area contributed by atoms with E-state index in [-0.39, 0.29) is 86.3 Å². The van der Waals surface area contributed by atoms with Gasteiger partial charge >= 0.3 is 42.2 Å².